The van der Waals surface area contributed by atoms with Crippen LogP contribution in [0.5, 0.6) is 5.75 Å². The molecule has 2 aromatic carbocycles. The fourth-order valence-corrected chi connectivity index (χ4v) is 6.44. The lowest BCUT2D eigenvalue weighted by Gasteiger charge is -2.41. The maximum absolute atomic E-state index is 13.3. The SMILES string of the molecule is CCC1(CC)C[C@@H](NC(=O)c2ccc(C)c(N3CCCCS3(=O)=O)c2)c2ccccc2O1. The molecule has 4 rings (SSSR count). The minimum atomic E-state index is -3.35. The van der Waals surface area contributed by atoms with Crippen molar-refractivity contribution in [3.63, 3.8) is 0 Å². The van der Waals surface area contributed by atoms with Crippen molar-refractivity contribution in [2.45, 2.75) is 64.5 Å². The smallest absolute Gasteiger partial charge is 0.251 e. The molecule has 1 atom stereocenters. The highest BCUT2D eigenvalue weighted by atomic mass is 32.2. The number of amides is 1. The zero-order chi connectivity index (χ0) is 22.9. The summed E-state index contributed by atoms with van der Waals surface area (Å²) in [5, 5.41) is 3.20. The minimum Gasteiger partial charge on any atom is -0.487 e. The van der Waals surface area contributed by atoms with E-state index in [0.717, 1.165) is 36.1 Å². The van der Waals surface area contributed by atoms with Gasteiger partial charge in [-0.25, -0.2) is 8.42 Å². The van der Waals surface area contributed by atoms with E-state index >= 15 is 0 Å². The molecule has 2 aliphatic rings. The molecular weight excluding hydrogens is 424 g/mol. The summed E-state index contributed by atoms with van der Waals surface area (Å²) in [4.78, 5) is 13.3. The van der Waals surface area contributed by atoms with Gasteiger partial charge in [-0.15, -0.1) is 0 Å². The molecule has 0 aromatic heterocycles. The Kier molecular flexibility index (Phi) is 6.21. The molecule has 1 saturated heterocycles. The van der Waals surface area contributed by atoms with Crippen LogP contribution in [0.1, 0.15) is 73.5 Å². The van der Waals surface area contributed by atoms with E-state index in [1.807, 2.05) is 37.3 Å². The van der Waals surface area contributed by atoms with E-state index < -0.39 is 10.0 Å². The van der Waals surface area contributed by atoms with Crippen LogP contribution in [0, 0.1) is 6.92 Å². The van der Waals surface area contributed by atoms with Crippen LogP contribution >= 0.6 is 0 Å². The molecule has 0 spiro atoms. The maximum atomic E-state index is 13.3. The Hall–Kier alpha value is -2.54. The lowest BCUT2D eigenvalue weighted by atomic mass is 9.83. The van der Waals surface area contributed by atoms with Crippen molar-refractivity contribution < 1.29 is 17.9 Å². The number of hydrogen-bond acceptors (Lipinski definition) is 4. The Morgan fingerprint density at radius 2 is 1.91 bits per heavy atom. The van der Waals surface area contributed by atoms with Crippen molar-refractivity contribution in [2.24, 2.45) is 0 Å². The zero-order valence-corrected chi connectivity index (χ0v) is 19.9. The van der Waals surface area contributed by atoms with Gasteiger partial charge < -0.3 is 10.1 Å². The highest BCUT2D eigenvalue weighted by Crippen LogP contribution is 2.42. The van der Waals surface area contributed by atoms with Crippen LogP contribution in [0.25, 0.3) is 0 Å². The normalized spacial score (nSPS) is 21.3. The number of benzene rings is 2. The summed E-state index contributed by atoms with van der Waals surface area (Å²) < 4.78 is 33.0. The van der Waals surface area contributed by atoms with E-state index in [0.29, 0.717) is 30.6 Å². The number of carbonyl (C=O) groups is 1. The second-order valence-electron chi connectivity index (χ2n) is 8.86. The molecule has 1 amide bonds. The maximum Gasteiger partial charge on any atom is 0.251 e. The fraction of sp³-hybridized carbons (Fsp3) is 0.480. The topological polar surface area (TPSA) is 75.7 Å². The minimum absolute atomic E-state index is 0.151. The predicted molar refractivity (Wildman–Crippen MR) is 127 cm³/mol. The number of rotatable bonds is 5. The summed E-state index contributed by atoms with van der Waals surface area (Å²) in [5.41, 5.74) is 2.57. The standard InChI is InChI=1S/C25H32N2O4S/c1-4-25(5-2)17-21(20-10-6-7-11-23(20)31-25)26-24(28)19-13-12-18(3)22(16-19)27-14-8-9-15-32(27,29)30/h6-7,10-13,16,21H,4-5,8-9,14-15,17H2,1-3H3,(H,26,28)/t21-/m1/s1. The molecule has 6 nitrogen and oxygen atoms in total. The molecule has 2 aliphatic heterocycles. The summed E-state index contributed by atoms with van der Waals surface area (Å²) in [6.45, 7) is 6.56. The van der Waals surface area contributed by atoms with Crippen molar-refractivity contribution in [3.05, 3.63) is 59.2 Å². The number of nitrogens with one attached hydrogen (secondary N) is 1. The van der Waals surface area contributed by atoms with Crippen molar-refractivity contribution in [1.29, 1.82) is 0 Å². The zero-order valence-electron chi connectivity index (χ0n) is 19.1. The highest BCUT2D eigenvalue weighted by Gasteiger charge is 2.39. The largest absolute Gasteiger partial charge is 0.487 e. The molecule has 7 heteroatoms. The molecule has 1 N–H and O–H groups in total. The third-order valence-corrected chi connectivity index (χ3v) is 8.74. The molecular formula is C25H32N2O4S. The second kappa shape index (κ2) is 8.77. The second-order valence-corrected chi connectivity index (χ2v) is 10.9. The summed E-state index contributed by atoms with van der Waals surface area (Å²) in [6, 6.07) is 13.0. The lowest BCUT2D eigenvalue weighted by molar-refractivity contribution is 0.0227. The number of carbonyl (C=O) groups excluding carboxylic acids is 1. The van der Waals surface area contributed by atoms with Gasteiger partial charge in [0, 0.05) is 24.1 Å². The van der Waals surface area contributed by atoms with E-state index in [-0.39, 0.29) is 23.3 Å². The summed E-state index contributed by atoms with van der Waals surface area (Å²) in [5.74, 6) is 0.762. The molecule has 0 unspecified atom stereocenters. The van der Waals surface area contributed by atoms with E-state index in [1.54, 1.807) is 12.1 Å². The molecule has 2 aromatic rings. The number of hydrogen-bond donors (Lipinski definition) is 1. The van der Waals surface area contributed by atoms with Crippen LogP contribution in [-0.4, -0.2) is 32.2 Å². The molecule has 0 saturated carbocycles. The van der Waals surface area contributed by atoms with Gasteiger partial charge in [0.1, 0.15) is 11.4 Å². The average molecular weight is 457 g/mol. The third kappa shape index (κ3) is 4.22. The number of para-hydroxylation sites is 1. The molecule has 0 radical (unpaired) electrons. The van der Waals surface area contributed by atoms with Crippen molar-refractivity contribution >= 4 is 21.6 Å². The summed E-state index contributed by atoms with van der Waals surface area (Å²) in [7, 11) is -3.35. The number of sulfonamides is 1. The number of anilines is 1. The Balaban J connectivity index is 1.63. The van der Waals surface area contributed by atoms with Crippen LogP contribution < -0.4 is 14.4 Å². The van der Waals surface area contributed by atoms with Crippen LogP contribution in [0.3, 0.4) is 0 Å². The van der Waals surface area contributed by atoms with Gasteiger partial charge >= 0.3 is 0 Å². The Labute approximate surface area is 191 Å². The average Bonchev–Trinajstić information content (AvgIpc) is 2.79. The Morgan fingerprint density at radius 1 is 1.16 bits per heavy atom. The van der Waals surface area contributed by atoms with Crippen molar-refractivity contribution in [3.8, 4) is 5.75 Å². The Morgan fingerprint density at radius 3 is 2.62 bits per heavy atom. The summed E-state index contributed by atoms with van der Waals surface area (Å²) >= 11 is 0. The quantitative estimate of drug-likeness (QED) is 0.705. The molecule has 32 heavy (non-hydrogen) atoms. The first-order chi connectivity index (χ1) is 15.3. The van der Waals surface area contributed by atoms with Gasteiger partial charge in [-0.2, -0.15) is 0 Å². The molecule has 0 aliphatic carbocycles. The number of aryl methyl sites for hydroxylation is 1. The third-order valence-electron chi connectivity index (χ3n) is 6.88. The van der Waals surface area contributed by atoms with E-state index in [9.17, 15) is 13.2 Å². The number of nitrogens with zero attached hydrogens (tertiary/aromatic N) is 1. The number of ether oxygens (including phenoxy) is 1. The van der Waals surface area contributed by atoms with Gasteiger partial charge in [0.15, 0.2) is 0 Å². The summed E-state index contributed by atoms with van der Waals surface area (Å²) in [6.07, 6.45) is 3.90. The van der Waals surface area contributed by atoms with E-state index in [4.69, 9.17) is 4.74 Å². The van der Waals surface area contributed by atoms with Crippen molar-refractivity contribution in [2.75, 3.05) is 16.6 Å². The molecule has 1 fully saturated rings. The van der Waals surface area contributed by atoms with Gasteiger partial charge in [-0.3, -0.25) is 9.10 Å². The lowest BCUT2D eigenvalue weighted by Crippen LogP contribution is -2.44. The van der Waals surface area contributed by atoms with Gasteiger partial charge in [-0.05, 0) is 56.4 Å². The fourth-order valence-electron chi connectivity index (χ4n) is 4.75. The van der Waals surface area contributed by atoms with Gasteiger partial charge in [0.25, 0.3) is 5.91 Å². The number of fused-ring (bicyclic) bond motifs is 1. The molecule has 2 heterocycles. The highest BCUT2D eigenvalue weighted by molar-refractivity contribution is 7.92. The van der Waals surface area contributed by atoms with E-state index in [2.05, 4.69) is 19.2 Å². The predicted octanol–water partition coefficient (Wildman–Crippen LogP) is 4.74. The van der Waals surface area contributed by atoms with Gasteiger partial charge in [0.2, 0.25) is 10.0 Å². The van der Waals surface area contributed by atoms with E-state index in [1.165, 1.54) is 4.31 Å². The first-order valence-corrected chi connectivity index (χ1v) is 13.1. The van der Waals surface area contributed by atoms with Crippen LogP contribution in [-0.2, 0) is 10.0 Å². The van der Waals surface area contributed by atoms with Crippen LogP contribution in [0.4, 0.5) is 5.69 Å². The molecule has 0 bridgehead atoms. The first-order valence-electron chi connectivity index (χ1n) is 11.5. The first kappa shape index (κ1) is 22.6. The molecule has 172 valence electrons. The van der Waals surface area contributed by atoms with Crippen LogP contribution in [0.2, 0.25) is 0 Å². The van der Waals surface area contributed by atoms with Crippen LogP contribution in [0.15, 0.2) is 42.5 Å². The Bertz CT molecular complexity index is 1110. The van der Waals surface area contributed by atoms with Gasteiger partial charge in [-0.1, -0.05) is 38.1 Å². The van der Waals surface area contributed by atoms with Gasteiger partial charge in [0.05, 0.1) is 17.5 Å². The van der Waals surface area contributed by atoms with Crippen molar-refractivity contribution in [1.82, 2.24) is 5.32 Å². The monoisotopic (exact) mass is 456 g/mol.